The number of hydrogen-bond donors (Lipinski definition) is 1. The molecule has 10 nitrogen and oxygen atoms in total. The van der Waals surface area contributed by atoms with Gasteiger partial charge in [-0.05, 0) is 69.6 Å². The SMILES string of the molecule is O=C(CO)[C@@H]1CCCN1C(=O)[C@@H]1CCCN1C(=O)c1cccc(C(=O)N2CCC[C@H]2C(=O)N2CCCC2)c1. The molecule has 5 rings (SSSR count). The minimum absolute atomic E-state index is 0.0129. The first-order valence-corrected chi connectivity index (χ1v) is 13.9. The van der Waals surface area contributed by atoms with Crippen LogP contribution in [0.25, 0.3) is 0 Å². The first kappa shape index (κ1) is 26.3. The summed E-state index contributed by atoms with van der Waals surface area (Å²) in [7, 11) is 0. The highest BCUT2D eigenvalue weighted by molar-refractivity contribution is 6.03. The lowest BCUT2D eigenvalue weighted by Crippen LogP contribution is -2.51. The van der Waals surface area contributed by atoms with Gasteiger partial charge in [0.2, 0.25) is 11.8 Å². The van der Waals surface area contributed by atoms with E-state index >= 15 is 0 Å². The Morgan fingerprint density at radius 2 is 1.16 bits per heavy atom. The summed E-state index contributed by atoms with van der Waals surface area (Å²) in [5, 5.41) is 9.30. The number of amides is 4. The van der Waals surface area contributed by atoms with Crippen LogP contribution >= 0.6 is 0 Å². The molecule has 10 heteroatoms. The Labute approximate surface area is 222 Å². The number of benzene rings is 1. The Morgan fingerprint density at radius 1 is 0.658 bits per heavy atom. The maximum absolute atomic E-state index is 13.6. The highest BCUT2D eigenvalue weighted by Crippen LogP contribution is 2.28. The third-order valence-electron chi connectivity index (χ3n) is 8.44. The topological polar surface area (TPSA) is 119 Å². The van der Waals surface area contributed by atoms with Gasteiger partial charge in [-0.25, -0.2) is 0 Å². The predicted molar refractivity (Wildman–Crippen MR) is 137 cm³/mol. The van der Waals surface area contributed by atoms with Crippen LogP contribution in [0.2, 0.25) is 0 Å². The second-order valence-electron chi connectivity index (χ2n) is 10.7. The van der Waals surface area contributed by atoms with E-state index in [0.717, 1.165) is 32.4 Å². The van der Waals surface area contributed by atoms with E-state index in [9.17, 15) is 29.1 Å². The maximum Gasteiger partial charge on any atom is 0.254 e. The van der Waals surface area contributed by atoms with Crippen molar-refractivity contribution < 1.29 is 29.1 Å². The van der Waals surface area contributed by atoms with Gasteiger partial charge in [0, 0.05) is 43.9 Å². The molecule has 0 saturated carbocycles. The number of likely N-dealkylation sites (tertiary alicyclic amines) is 4. The zero-order chi connectivity index (χ0) is 26.8. The summed E-state index contributed by atoms with van der Waals surface area (Å²) in [5.41, 5.74) is 0.675. The second-order valence-corrected chi connectivity index (χ2v) is 10.7. The number of aliphatic hydroxyl groups excluding tert-OH is 1. The van der Waals surface area contributed by atoms with Gasteiger partial charge in [0.15, 0.2) is 5.78 Å². The predicted octanol–water partition coefficient (Wildman–Crippen LogP) is 1.07. The van der Waals surface area contributed by atoms with Gasteiger partial charge in [0.25, 0.3) is 11.8 Å². The van der Waals surface area contributed by atoms with Gasteiger partial charge in [0.05, 0.1) is 6.04 Å². The Balaban J connectivity index is 1.30. The standard InChI is InChI=1S/C28H36N4O6/c33-18-24(34)21-9-4-14-30(21)28(38)23-11-6-16-32(23)26(36)20-8-3-7-19(17-20)25(35)31-15-5-10-22(31)27(37)29-12-1-2-13-29/h3,7-8,17,21-23,33H,1-2,4-6,9-16,18H2/t21-,22-,23-/m0/s1. The number of nitrogens with zero attached hydrogens (tertiary/aromatic N) is 4. The molecule has 4 aliphatic heterocycles. The lowest BCUT2D eigenvalue weighted by molar-refractivity contribution is -0.141. The van der Waals surface area contributed by atoms with Crippen LogP contribution in [-0.2, 0) is 14.4 Å². The van der Waals surface area contributed by atoms with Crippen LogP contribution < -0.4 is 0 Å². The van der Waals surface area contributed by atoms with E-state index in [-0.39, 0.29) is 29.4 Å². The van der Waals surface area contributed by atoms with Crippen molar-refractivity contribution in [3.63, 3.8) is 0 Å². The lowest BCUT2D eigenvalue weighted by Gasteiger charge is -2.31. The van der Waals surface area contributed by atoms with E-state index in [1.165, 1.54) is 4.90 Å². The van der Waals surface area contributed by atoms with Gasteiger partial charge in [-0.2, -0.15) is 0 Å². The normalized spacial score (nSPS) is 25.3. The van der Waals surface area contributed by atoms with Crippen LogP contribution in [0.5, 0.6) is 0 Å². The van der Waals surface area contributed by atoms with E-state index in [2.05, 4.69) is 0 Å². The highest BCUT2D eigenvalue weighted by Gasteiger charge is 2.42. The highest BCUT2D eigenvalue weighted by atomic mass is 16.3. The molecular weight excluding hydrogens is 488 g/mol. The van der Waals surface area contributed by atoms with Gasteiger partial charge >= 0.3 is 0 Å². The Kier molecular flexibility index (Phi) is 7.78. The summed E-state index contributed by atoms with van der Waals surface area (Å²) in [5.74, 6) is -1.20. The number of carbonyl (C=O) groups excluding carboxylic acids is 5. The molecule has 3 atom stereocenters. The fourth-order valence-electron chi connectivity index (χ4n) is 6.46. The third kappa shape index (κ3) is 4.93. The summed E-state index contributed by atoms with van der Waals surface area (Å²) >= 11 is 0. The van der Waals surface area contributed by atoms with Crippen LogP contribution in [0.1, 0.15) is 72.1 Å². The summed E-state index contributed by atoms with van der Waals surface area (Å²) < 4.78 is 0. The van der Waals surface area contributed by atoms with Crippen LogP contribution in [0.15, 0.2) is 24.3 Å². The first-order valence-electron chi connectivity index (χ1n) is 13.9. The van der Waals surface area contributed by atoms with E-state index < -0.39 is 24.7 Å². The number of ketones is 1. The van der Waals surface area contributed by atoms with Gasteiger partial charge in [-0.3, -0.25) is 24.0 Å². The van der Waals surface area contributed by atoms with Gasteiger partial charge < -0.3 is 24.7 Å². The minimum atomic E-state index is -0.671. The smallest absolute Gasteiger partial charge is 0.254 e. The zero-order valence-electron chi connectivity index (χ0n) is 21.7. The maximum atomic E-state index is 13.6. The first-order chi connectivity index (χ1) is 18.4. The molecule has 4 heterocycles. The molecule has 4 fully saturated rings. The average molecular weight is 525 g/mol. The summed E-state index contributed by atoms with van der Waals surface area (Å²) in [6, 6.07) is 4.76. The molecule has 0 aromatic heterocycles. The van der Waals surface area contributed by atoms with Gasteiger partial charge in [0.1, 0.15) is 18.7 Å². The molecular formula is C28H36N4O6. The third-order valence-corrected chi connectivity index (χ3v) is 8.44. The largest absolute Gasteiger partial charge is 0.389 e. The molecule has 0 bridgehead atoms. The van der Waals surface area contributed by atoms with E-state index in [1.54, 1.807) is 34.1 Å². The lowest BCUT2D eigenvalue weighted by atomic mass is 10.1. The van der Waals surface area contributed by atoms with Crippen molar-refractivity contribution in [3.05, 3.63) is 35.4 Å². The monoisotopic (exact) mass is 524 g/mol. The Morgan fingerprint density at radius 3 is 1.71 bits per heavy atom. The molecule has 1 N–H and O–H groups in total. The van der Waals surface area contributed by atoms with Crippen molar-refractivity contribution in [2.24, 2.45) is 0 Å². The van der Waals surface area contributed by atoms with Crippen molar-refractivity contribution in [1.29, 1.82) is 0 Å². The molecule has 0 radical (unpaired) electrons. The van der Waals surface area contributed by atoms with Crippen molar-refractivity contribution >= 4 is 29.4 Å². The fourth-order valence-corrected chi connectivity index (χ4v) is 6.46. The molecule has 204 valence electrons. The quantitative estimate of drug-likeness (QED) is 0.595. The second kappa shape index (κ2) is 11.2. The molecule has 38 heavy (non-hydrogen) atoms. The molecule has 4 aliphatic rings. The van der Waals surface area contributed by atoms with Crippen molar-refractivity contribution in [3.8, 4) is 0 Å². The van der Waals surface area contributed by atoms with Crippen LogP contribution in [0, 0.1) is 0 Å². The minimum Gasteiger partial charge on any atom is -0.389 e. The summed E-state index contributed by atoms with van der Waals surface area (Å²) in [6.07, 6.45) is 5.78. The Hall–Kier alpha value is -3.27. The van der Waals surface area contributed by atoms with Crippen molar-refractivity contribution in [2.75, 3.05) is 39.3 Å². The van der Waals surface area contributed by atoms with E-state index in [0.29, 0.717) is 62.9 Å². The molecule has 0 unspecified atom stereocenters. The van der Waals surface area contributed by atoms with Crippen molar-refractivity contribution in [2.45, 2.75) is 69.5 Å². The van der Waals surface area contributed by atoms with Crippen LogP contribution in [-0.4, -0.2) is 112 Å². The molecule has 1 aromatic carbocycles. The van der Waals surface area contributed by atoms with E-state index in [1.807, 2.05) is 4.90 Å². The van der Waals surface area contributed by atoms with Gasteiger partial charge in [-0.15, -0.1) is 0 Å². The molecule has 4 saturated heterocycles. The number of carbonyl (C=O) groups is 5. The van der Waals surface area contributed by atoms with Gasteiger partial charge in [-0.1, -0.05) is 6.07 Å². The van der Waals surface area contributed by atoms with Crippen molar-refractivity contribution in [1.82, 2.24) is 19.6 Å². The number of Topliss-reactive ketones (excluding diaryl/α,β-unsaturated/α-hetero) is 1. The van der Waals surface area contributed by atoms with Crippen LogP contribution in [0.3, 0.4) is 0 Å². The molecule has 0 spiro atoms. The Bertz CT molecular complexity index is 1120. The zero-order valence-corrected chi connectivity index (χ0v) is 21.7. The molecule has 0 aliphatic carbocycles. The average Bonchev–Trinajstić information content (AvgIpc) is 3.77. The molecule has 1 aromatic rings. The number of rotatable bonds is 6. The number of aliphatic hydroxyl groups is 1. The molecule has 4 amide bonds. The van der Waals surface area contributed by atoms with E-state index in [4.69, 9.17) is 0 Å². The van der Waals surface area contributed by atoms with Crippen LogP contribution in [0.4, 0.5) is 0 Å². The number of hydrogen-bond acceptors (Lipinski definition) is 6. The summed E-state index contributed by atoms with van der Waals surface area (Å²) in [6.45, 7) is 2.23. The summed E-state index contributed by atoms with van der Waals surface area (Å²) in [4.78, 5) is 72.1. The fraction of sp³-hybridized carbons (Fsp3) is 0.607.